The first kappa shape index (κ1) is 9.64. The number of nitrogens with zero attached hydrogens (tertiary/aromatic N) is 1. The average molecular weight is 208 g/mol. The second-order valence-corrected chi connectivity index (χ2v) is 5.39. The second-order valence-electron chi connectivity index (χ2n) is 5.39. The second kappa shape index (κ2) is 3.78. The first-order valence-electron chi connectivity index (χ1n) is 6.34. The molecule has 0 aromatic heterocycles. The molecule has 0 aromatic carbocycles. The number of hydrogen-bond donors (Lipinski definition) is 1. The lowest BCUT2D eigenvalue weighted by Crippen LogP contribution is -2.48. The van der Waals surface area contributed by atoms with Gasteiger partial charge in [-0.15, -0.1) is 0 Å². The largest absolute Gasteiger partial charge is 0.341 e. The van der Waals surface area contributed by atoms with Gasteiger partial charge in [-0.3, -0.25) is 4.79 Å². The summed E-state index contributed by atoms with van der Waals surface area (Å²) >= 11 is 0. The Morgan fingerprint density at radius 1 is 1.27 bits per heavy atom. The highest BCUT2D eigenvalue weighted by Crippen LogP contribution is 2.34. The summed E-state index contributed by atoms with van der Waals surface area (Å²) in [6.45, 7) is 3.13. The summed E-state index contributed by atoms with van der Waals surface area (Å²) in [7, 11) is 0. The lowest BCUT2D eigenvalue weighted by molar-refractivity contribution is -0.133. The first-order valence-corrected chi connectivity index (χ1v) is 6.34. The standard InChI is InChI=1S/C12H20N2O/c15-12(7-9-1-2-9)14-6-4-10-3-5-13-11(10)8-14/h9-11,13H,1-8H2/t10-,11+/m1/s1. The van der Waals surface area contributed by atoms with Crippen molar-refractivity contribution >= 4 is 5.91 Å². The Kier molecular flexibility index (Phi) is 2.43. The highest BCUT2D eigenvalue weighted by Gasteiger charge is 2.35. The third-order valence-corrected chi connectivity index (χ3v) is 4.19. The van der Waals surface area contributed by atoms with Crippen molar-refractivity contribution < 1.29 is 4.79 Å². The summed E-state index contributed by atoms with van der Waals surface area (Å²) in [5.41, 5.74) is 0. The molecule has 1 saturated carbocycles. The van der Waals surface area contributed by atoms with E-state index in [-0.39, 0.29) is 0 Å². The molecule has 3 rings (SSSR count). The molecule has 84 valence electrons. The Morgan fingerprint density at radius 2 is 2.13 bits per heavy atom. The molecule has 3 heteroatoms. The molecule has 1 aliphatic carbocycles. The fourth-order valence-corrected chi connectivity index (χ4v) is 2.96. The zero-order valence-corrected chi connectivity index (χ0v) is 9.24. The van der Waals surface area contributed by atoms with Crippen molar-refractivity contribution in [1.29, 1.82) is 0 Å². The lowest BCUT2D eigenvalue weighted by Gasteiger charge is -2.35. The van der Waals surface area contributed by atoms with Crippen molar-refractivity contribution in [3.8, 4) is 0 Å². The highest BCUT2D eigenvalue weighted by atomic mass is 16.2. The Labute approximate surface area is 91.2 Å². The summed E-state index contributed by atoms with van der Waals surface area (Å²) in [5, 5.41) is 3.52. The van der Waals surface area contributed by atoms with Gasteiger partial charge in [-0.1, -0.05) is 0 Å². The summed E-state index contributed by atoms with van der Waals surface area (Å²) in [4.78, 5) is 14.0. The maximum atomic E-state index is 11.9. The van der Waals surface area contributed by atoms with Crippen LogP contribution in [0, 0.1) is 11.8 Å². The van der Waals surface area contributed by atoms with Gasteiger partial charge in [0, 0.05) is 25.6 Å². The van der Waals surface area contributed by atoms with Gasteiger partial charge in [0.25, 0.3) is 0 Å². The Balaban J connectivity index is 1.55. The predicted octanol–water partition coefficient (Wildman–Crippen LogP) is 0.997. The molecule has 3 aliphatic rings. The van der Waals surface area contributed by atoms with Crippen molar-refractivity contribution in [3.05, 3.63) is 0 Å². The summed E-state index contributed by atoms with van der Waals surface area (Å²) in [6, 6.07) is 0.599. The van der Waals surface area contributed by atoms with Crippen molar-refractivity contribution in [2.75, 3.05) is 19.6 Å². The van der Waals surface area contributed by atoms with E-state index in [0.29, 0.717) is 11.9 Å². The van der Waals surface area contributed by atoms with Crippen LogP contribution < -0.4 is 5.32 Å². The van der Waals surface area contributed by atoms with Crippen LogP contribution in [-0.4, -0.2) is 36.5 Å². The molecule has 1 amide bonds. The number of carbonyl (C=O) groups excluding carboxylic acids is 1. The molecule has 0 radical (unpaired) electrons. The number of fused-ring (bicyclic) bond motifs is 1. The maximum Gasteiger partial charge on any atom is 0.222 e. The number of rotatable bonds is 2. The summed E-state index contributed by atoms with van der Waals surface area (Å²) in [6.07, 6.45) is 5.91. The van der Waals surface area contributed by atoms with Crippen LogP contribution >= 0.6 is 0 Å². The first-order chi connectivity index (χ1) is 7.33. The van der Waals surface area contributed by atoms with Crippen molar-refractivity contribution in [1.82, 2.24) is 10.2 Å². The number of carbonyl (C=O) groups is 1. The topological polar surface area (TPSA) is 32.3 Å². The van der Waals surface area contributed by atoms with Gasteiger partial charge in [0.1, 0.15) is 0 Å². The quantitative estimate of drug-likeness (QED) is 0.734. The zero-order chi connectivity index (χ0) is 10.3. The van der Waals surface area contributed by atoms with Gasteiger partial charge < -0.3 is 10.2 Å². The van der Waals surface area contributed by atoms with Crippen LogP contribution in [0.5, 0.6) is 0 Å². The van der Waals surface area contributed by atoms with E-state index in [0.717, 1.165) is 37.9 Å². The van der Waals surface area contributed by atoms with Crippen LogP contribution in [-0.2, 0) is 4.79 Å². The van der Waals surface area contributed by atoms with Crippen LogP contribution in [0.1, 0.15) is 32.1 Å². The number of likely N-dealkylation sites (tertiary alicyclic amines) is 1. The molecule has 2 atom stereocenters. The van der Waals surface area contributed by atoms with E-state index >= 15 is 0 Å². The van der Waals surface area contributed by atoms with Gasteiger partial charge in [0.15, 0.2) is 0 Å². The van der Waals surface area contributed by atoms with Gasteiger partial charge in [0.2, 0.25) is 5.91 Å². The Bertz CT molecular complexity index is 262. The highest BCUT2D eigenvalue weighted by molar-refractivity contribution is 5.76. The van der Waals surface area contributed by atoms with E-state index in [9.17, 15) is 4.79 Å². The minimum atomic E-state index is 0.407. The minimum absolute atomic E-state index is 0.407. The molecule has 2 aliphatic heterocycles. The Hall–Kier alpha value is -0.570. The fourth-order valence-electron chi connectivity index (χ4n) is 2.96. The van der Waals surface area contributed by atoms with Crippen LogP contribution in [0.2, 0.25) is 0 Å². The van der Waals surface area contributed by atoms with E-state index in [2.05, 4.69) is 10.2 Å². The van der Waals surface area contributed by atoms with Crippen molar-refractivity contribution in [3.63, 3.8) is 0 Å². The maximum absolute atomic E-state index is 11.9. The number of hydrogen-bond acceptors (Lipinski definition) is 2. The van der Waals surface area contributed by atoms with Gasteiger partial charge in [-0.05, 0) is 44.1 Å². The third kappa shape index (κ3) is 2.03. The lowest BCUT2D eigenvalue weighted by atomic mass is 9.92. The number of amides is 1. The molecule has 1 N–H and O–H groups in total. The van der Waals surface area contributed by atoms with Gasteiger partial charge >= 0.3 is 0 Å². The van der Waals surface area contributed by atoms with Crippen LogP contribution in [0.3, 0.4) is 0 Å². The summed E-state index contributed by atoms with van der Waals surface area (Å²) in [5.74, 6) is 1.98. The number of nitrogens with one attached hydrogen (secondary N) is 1. The zero-order valence-electron chi connectivity index (χ0n) is 9.24. The van der Waals surface area contributed by atoms with E-state index in [1.807, 2.05) is 0 Å². The molecular weight excluding hydrogens is 188 g/mol. The van der Waals surface area contributed by atoms with E-state index < -0.39 is 0 Å². The molecule has 2 heterocycles. The normalized spacial score (nSPS) is 35.3. The van der Waals surface area contributed by atoms with Crippen LogP contribution in [0.15, 0.2) is 0 Å². The molecule has 2 saturated heterocycles. The van der Waals surface area contributed by atoms with Crippen LogP contribution in [0.4, 0.5) is 0 Å². The molecule has 15 heavy (non-hydrogen) atoms. The number of piperidine rings is 1. The average Bonchev–Trinajstić information content (AvgIpc) is 2.94. The molecule has 3 nitrogen and oxygen atoms in total. The molecule has 0 bridgehead atoms. The minimum Gasteiger partial charge on any atom is -0.341 e. The van der Waals surface area contributed by atoms with E-state index in [4.69, 9.17) is 0 Å². The molecule has 0 aromatic rings. The molecular formula is C12H20N2O. The predicted molar refractivity (Wildman–Crippen MR) is 58.4 cm³/mol. The summed E-state index contributed by atoms with van der Waals surface area (Å²) < 4.78 is 0. The molecule has 3 fully saturated rings. The van der Waals surface area contributed by atoms with Gasteiger partial charge in [0.05, 0.1) is 0 Å². The van der Waals surface area contributed by atoms with Gasteiger partial charge in [-0.2, -0.15) is 0 Å². The Morgan fingerprint density at radius 3 is 2.93 bits per heavy atom. The monoisotopic (exact) mass is 208 g/mol. The van der Waals surface area contributed by atoms with E-state index in [1.165, 1.54) is 25.7 Å². The van der Waals surface area contributed by atoms with Crippen molar-refractivity contribution in [2.45, 2.75) is 38.1 Å². The van der Waals surface area contributed by atoms with Gasteiger partial charge in [-0.25, -0.2) is 0 Å². The smallest absolute Gasteiger partial charge is 0.222 e. The molecule has 0 spiro atoms. The fraction of sp³-hybridized carbons (Fsp3) is 0.917. The van der Waals surface area contributed by atoms with Crippen LogP contribution in [0.25, 0.3) is 0 Å². The SMILES string of the molecule is O=C(CC1CC1)N1CC[C@H]2CCN[C@H]2C1. The molecule has 0 unspecified atom stereocenters. The third-order valence-electron chi connectivity index (χ3n) is 4.19. The van der Waals surface area contributed by atoms with Crippen molar-refractivity contribution in [2.24, 2.45) is 11.8 Å². The van der Waals surface area contributed by atoms with E-state index in [1.54, 1.807) is 0 Å².